The predicted molar refractivity (Wildman–Crippen MR) is 74.4 cm³/mol. The molecule has 4 heteroatoms. The van der Waals surface area contributed by atoms with E-state index in [4.69, 9.17) is 17.3 Å². The highest BCUT2D eigenvalue weighted by atomic mass is 35.5. The number of nitrogens with two attached hydrogens (primary N) is 1. The lowest BCUT2D eigenvalue weighted by molar-refractivity contribution is 1.07. The molecule has 3 aromatic rings. The summed E-state index contributed by atoms with van der Waals surface area (Å²) in [5.41, 5.74) is 9.68. The van der Waals surface area contributed by atoms with Crippen LogP contribution in [-0.2, 0) is 6.54 Å². The van der Waals surface area contributed by atoms with Crippen molar-refractivity contribution >= 4 is 22.6 Å². The van der Waals surface area contributed by atoms with Crippen LogP contribution in [0.2, 0.25) is 5.02 Å². The summed E-state index contributed by atoms with van der Waals surface area (Å²) < 4.78 is 0. The lowest BCUT2D eigenvalue weighted by Gasteiger charge is -1.95. The van der Waals surface area contributed by atoms with Gasteiger partial charge in [-0.25, -0.2) is 4.98 Å². The van der Waals surface area contributed by atoms with Crippen molar-refractivity contribution in [3.63, 3.8) is 0 Å². The molecule has 90 valence electrons. The number of H-pyrrole nitrogens is 1. The van der Waals surface area contributed by atoms with Crippen LogP contribution in [0.3, 0.4) is 0 Å². The van der Waals surface area contributed by atoms with E-state index in [1.54, 1.807) is 0 Å². The van der Waals surface area contributed by atoms with Crippen molar-refractivity contribution in [1.29, 1.82) is 0 Å². The Morgan fingerprint density at radius 2 is 1.89 bits per heavy atom. The van der Waals surface area contributed by atoms with E-state index in [9.17, 15) is 0 Å². The molecule has 0 unspecified atom stereocenters. The summed E-state index contributed by atoms with van der Waals surface area (Å²) >= 11 is 5.87. The Morgan fingerprint density at radius 1 is 1.11 bits per heavy atom. The second kappa shape index (κ2) is 4.44. The van der Waals surface area contributed by atoms with E-state index in [1.165, 1.54) is 0 Å². The maximum atomic E-state index is 5.87. The van der Waals surface area contributed by atoms with Crippen molar-refractivity contribution in [2.24, 2.45) is 5.73 Å². The van der Waals surface area contributed by atoms with Crippen molar-refractivity contribution < 1.29 is 0 Å². The number of nitrogens with zero attached hydrogens (tertiary/aromatic N) is 1. The minimum absolute atomic E-state index is 0.533. The van der Waals surface area contributed by atoms with Crippen LogP contribution in [0.5, 0.6) is 0 Å². The number of aromatic amines is 1. The molecule has 0 spiro atoms. The molecule has 0 saturated heterocycles. The van der Waals surface area contributed by atoms with Crippen molar-refractivity contribution in [2.75, 3.05) is 0 Å². The van der Waals surface area contributed by atoms with Crippen molar-refractivity contribution in [1.82, 2.24) is 9.97 Å². The lowest BCUT2D eigenvalue weighted by atomic mass is 10.2. The quantitative estimate of drug-likeness (QED) is 0.740. The van der Waals surface area contributed by atoms with E-state index in [0.717, 1.165) is 33.0 Å². The number of aromatic nitrogens is 2. The predicted octanol–water partition coefficient (Wildman–Crippen LogP) is 3.34. The first kappa shape index (κ1) is 11.3. The normalized spacial score (nSPS) is 11.0. The lowest BCUT2D eigenvalue weighted by Crippen LogP contribution is -1.95. The molecule has 1 aromatic heterocycles. The Labute approximate surface area is 110 Å². The zero-order valence-corrected chi connectivity index (χ0v) is 10.4. The zero-order valence-electron chi connectivity index (χ0n) is 9.65. The van der Waals surface area contributed by atoms with Crippen LogP contribution in [0.4, 0.5) is 0 Å². The monoisotopic (exact) mass is 257 g/mol. The van der Waals surface area contributed by atoms with Gasteiger partial charge in [0.2, 0.25) is 0 Å². The topological polar surface area (TPSA) is 54.7 Å². The fourth-order valence-corrected chi connectivity index (χ4v) is 2.05. The first-order valence-corrected chi connectivity index (χ1v) is 6.09. The fourth-order valence-electron chi connectivity index (χ4n) is 1.93. The number of benzene rings is 2. The minimum atomic E-state index is 0.533. The van der Waals surface area contributed by atoms with Gasteiger partial charge in [-0.05, 0) is 42.0 Å². The average Bonchev–Trinajstić information content (AvgIpc) is 2.82. The summed E-state index contributed by atoms with van der Waals surface area (Å²) in [7, 11) is 0. The SMILES string of the molecule is NCc1ccc2nc(-c3ccc(Cl)cc3)[nH]c2c1. The van der Waals surface area contributed by atoms with Gasteiger partial charge in [-0.2, -0.15) is 0 Å². The first-order chi connectivity index (χ1) is 8.76. The van der Waals surface area contributed by atoms with Crippen molar-refractivity contribution in [2.45, 2.75) is 6.54 Å². The summed E-state index contributed by atoms with van der Waals surface area (Å²) in [4.78, 5) is 7.84. The molecule has 2 aromatic carbocycles. The Balaban J connectivity index is 2.10. The van der Waals surface area contributed by atoms with Gasteiger partial charge in [0.25, 0.3) is 0 Å². The molecule has 3 N–H and O–H groups in total. The van der Waals surface area contributed by atoms with Gasteiger partial charge in [0.05, 0.1) is 11.0 Å². The van der Waals surface area contributed by atoms with Gasteiger partial charge in [0, 0.05) is 17.1 Å². The van der Waals surface area contributed by atoms with E-state index in [2.05, 4.69) is 9.97 Å². The Morgan fingerprint density at radius 3 is 2.61 bits per heavy atom. The van der Waals surface area contributed by atoms with Gasteiger partial charge < -0.3 is 10.7 Å². The Bertz CT molecular complexity index is 686. The van der Waals surface area contributed by atoms with Crippen LogP contribution >= 0.6 is 11.6 Å². The van der Waals surface area contributed by atoms with Gasteiger partial charge in [-0.1, -0.05) is 17.7 Å². The molecule has 0 atom stereocenters. The van der Waals surface area contributed by atoms with E-state index in [1.807, 2.05) is 42.5 Å². The van der Waals surface area contributed by atoms with Crippen LogP contribution in [0.1, 0.15) is 5.56 Å². The summed E-state index contributed by atoms with van der Waals surface area (Å²) in [5, 5.41) is 0.722. The molecule has 18 heavy (non-hydrogen) atoms. The number of hydrogen-bond donors (Lipinski definition) is 2. The molecule has 0 aliphatic carbocycles. The molecule has 0 saturated carbocycles. The largest absolute Gasteiger partial charge is 0.338 e. The highest BCUT2D eigenvalue weighted by Crippen LogP contribution is 2.22. The number of fused-ring (bicyclic) bond motifs is 1. The minimum Gasteiger partial charge on any atom is -0.338 e. The number of nitrogens with one attached hydrogen (secondary N) is 1. The molecule has 3 rings (SSSR count). The van der Waals surface area contributed by atoms with Gasteiger partial charge in [0.15, 0.2) is 0 Å². The van der Waals surface area contributed by atoms with Gasteiger partial charge in [-0.15, -0.1) is 0 Å². The van der Waals surface area contributed by atoms with E-state index in [-0.39, 0.29) is 0 Å². The Hall–Kier alpha value is -1.84. The van der Waals surface area contributed by atoms with Gasteiger partial charge in [-0.3, -0.25) is 0 Å². The van der Waals surface area contributed by atoms with Crippen LogP contribution < -0.4 is 5.73 Å². The number of rotatable bonds is 2. The second-order valence-electron chi connectivity index (χ2n) is 4.15. The molecular weight excluding hydrogens is 246 g/mol. The molecular formula is C14H12ClN3. The third-order valence-electron chi connectivity index (χ3n) is 2.90. The molecule has 0 amide bonds. The van der Waals surface area contributed by atoms with Crippen LogP contribution in [0, 0.1) is 0 Å². The first-order valence-electron chi connectivity index (χ1n) is 5.71. The molecule has 0 fully saturated rings. The standard InChI is InChI=1S/C14H12ClN3/c15-11-4-2-10(3-5-11)14-17-12-6-1-9(8-16)7-13(12)18-14/h1-7H,8,16H2,(H,17,18). The van der Waals surface area contributed by atoms with Gasteiger partial charge in [0.1, 0.15) is 5.82 Å². The van der Waals surface area contributed by atoms with Crippen LogP contribution in [0.25, 0.3) is 22.4 Å². The molecule has 0 aliphatic heterocycles. The van der Waals surface area contributed by atoms with Crippen molar-refractivity contribution in [3.05, 3.63) is 53.1 Å². The third-order valence-corrected chi connectivity index (χ3v) is 3.15. The highest BCUT2D eigenvalue weighted by molar-refractivity contribution is 6.30. The summed E-state index contributed by atoms with van der Waals surface area (Å²) in [6.45, 7) is 0.533. The summed E-state index contributed by atoms with van der Waals surface area (Å²) in [6.07, 6.45) is 0. The van der Waals surface area contributed by atoms with Crippen LogP contribution in [0.15, 0.2) is 42.5 Å². The van der Waals surface area contributed by atoms with E-state index >= 15 is 0 Å². The zero-order chi connectivity index (χ0) is 12.5. The summed E-state index contributed by atoms with van der Waals surface area (Å²) in [6, 6.07) is 13.6. The van der Waals surface area contributed by atoms with Crippen molar-refractivity contribution in [3.8, 4) is 11.4 Å². The fraction of sp³-hybridized carbons (Fsp3) is 0.0714. The summed E-state index contributed by atoms with van der Waals surface area (Å²) in [5.74, 6) is 0.843. The molecule has 0 aliphatic rings. The molecule has 3 nitrogen and oxygen atoms in total. The maximum absolute atomic E-state index is 5.87. The number of halogens is 1. The maximum Gasteiger partial charge on any atom is 0.138 e. The Kier molecular flexibility index (Phi) is 2.78. The van der Waals surface area contributed by atoms with Gasteiger partial charge >= 0.3 is 0 Å². The number of hydrogen-bond acceptors (Lipinski definition) is 2. The molecule has 0 bridgehead atoms. The smallest absolute Gasteiger partial charge is 0.138 e. The average molecular weight is 258 g/mol. The second-order valence-corrected chi connectivity index (χ2v) is 4.58. The van der Waals surface area contributed by atoms with E-state index in [0.29, 0.717) is 6.54 Å². The van der Waals surface area contributed by atoms with E-state index < -0.39 is 0 Å². The third kappa shape index (κ3) is 1.98. The number of imidazole rings is 1. The highest BCUT2D eigenvalue weighted by Gasteiger charge is 2.05. The van der Waals surface area contributed by atoms with Crippen LogP contribution in [-0.4, -0.2) is 9.97 Å². The molecule has 0 radical (unpaired) electrons. The molecule has 1 heterocycles.